The Bertz CT molecular complexity index is 1510. The molecule has 1 aliphatic rings. The summed E-state index contributed by atoms with van der Waals surface area (Å²) in [5.74, 6) is 0. The Morgan fingerprint density at radius 1 is 0.515 bits per heavy atom. The van der Waals surface area contributed by atoms with Crippen LogP contribution in [0.4, 0.5) is 0 Å². The summed E-state index contributed by atoms with van der Waals surface area (Å²) >= 11 is 0. The van der Waals surface area contributed by atoms with Crippen LogP contribution in [0, 0.1) is 0 Å². The smallest absolute Gasteiger partial charge is 0.399 e. The van der Waals surface area contributed by atoms with Crippen LogP contribution in [-0.4, -0.2) is 18.3 Å². The standard InChI is InChI=1S/C30H27BO2/c1-29(2)30(3,4)33-31(32-29)28-23-15-8-6-12-21(23)19-27-25(17-10-18-26(27)28)24-16-9-13-20-11-5-7-14-22(20)24/h5-19H,1-4H3. The van der Waals surface area contributed by atoms with E-state index in [-0.39, 0.29) is 0 Å². The van der Waals surface area contributed by atoms with Gasteiger partial charge in [0.05, 0.1) is 11.2 Å². The number of benzene rings is 5. The fourth-order valence-electron chi connectivity index (χ4n) is 5.03. The summed E-state index contributed by atoms with van der Waals surface area (Å²) in [5, 5.41) is 7.28. The Morgan fingerprint density at radius 2 is 1.03 bits per heavy atom. The first-order valence-corrected chi connectivity index (χ1v) is 11.6. The van der Waals surface area contributed by atoms with E-state index in [1.165, 1.54) is 43.4 Å². The van der Waals surface area contributed by atoms with Gasteiger partial charge < -0.3 is 9.31 Å². The highest BCUT2D eigenvalue weighted by molar-refractivity contribution is 6.68. The molecule has 162 valence electrons. The molecule has 0 aliphatic carbocycles. The minimum atomic E-state index is -0.425. The molecule has 0 aromatic heterocycles. The van der Waals surface area contributed by atoms with Crippen molar-refractivity contribution in [3.05, 3.63) is 91.0 Å². The van der Waals surface area contributed by atoms with Crippen LogP contribution in [0.5, 0.6) is 0 Å². The molecule has 1 saturated heterocycles. The number of hydrogen-bond acceptors (Lipinski definition) is 2. The van der Waals surface area contributed by atoms with Gasteiger partial charge in [-0.1, -0.05) is 84.9 Å². The Labute approximate surface area is 195 Å². The van der Waals surface area contributed by atoms with Gasteiger partial charge in [-0.3, -0.25) is 0 Å². The molecule has 1 aliphatic heterocycles. The SMILES string of the molecule is CC1(C)OB(c2c3ccccc3cc3c(-c4cccc5ccccc45)cccc23)OC1(C)C. The third-order valence-electron chi connectivity index (χ3n) is 7.52. The normalized spacial score (nSPS) is 17.3. The molecule has 0 N–H and O–H groups in total. The van der Waals surface area contributed by atoms with E-state index in [1.807, 2.05) is 0 Å². The largest absolute Gasteiger partial charge is 0.496 e. The maximum atomic E-state index is 6.56. The molecule has 33 heavy (non-hydrogen) atoms. The first-order valence-electron chi connectivity index (χ1n) is 11.6. The van der Waals surface area contributed by atoms with Gasteiger partial charge in [0, 0.05) is 0 Å². The number of rotatable bonds is 2. The van der Waals surface area contributed by atoms with Crippen LogP contribution >= 0.6 is 0 Å². The topological polar surface area (TPSA) is 18.5 Å². The van der Waals surface area contributed by atoms with Crippen LogP contribution in [-0.2, 0) is 9.31 Å². The lowest BCUT2D eigenvalue weighted by atomic mass is 9.72. The molecule has 2 nitrogen and oxygen atoms in total. The van der Waals surface area contributed by atoms with E-state index in [0.717, 1.165) is 5.46 Å². The molecule has 0 spiro atoms. The predicted octanol–water partition coefficient (Wildman–Crippen LogP) is 7.11. The van der Waals surface area contributed by atoms with Gasteiger partial charge in [-0.25, -0.2) is 0 Å². The van der Waals surface area contributed by atoms with Crippen LogP contribution in [0.25, 0.3) is 43.4 Å². The van der Waals surface area contributed by atoms with Gasteiger partial charge in [0.1, 0.15) is 0 Å². The third-order valence-corrected chi connectivity index (χ3v) is 7.52. The number of hydrogen-bond donors (Lipinski definition) is 0. The highest BCUT2D eigenvalue weighted by atomic mass is 16.7. The molecule has 0 amide bonds. The zero-order valence-corrected chi connectivity index (χ0v) is 19.6. The van der Waals surface area contributed by atoms with E-state index >= 15 is 0 Å². The number of fused-ring (bicyclic) bond motifs is 3. The maximum absolute atomic E-state index is 6.56. The highest BCUT2D eigenvalue weighted by Gasteiger charge is 2.52. The summed E-state index contributed by atoms with van der Waals surface area (Å²) in [6.07, 6.45) is 0. The average Bonchev–Trinajstić information content (AvgIpc) is 3.03. The fraction of sp³-hybridized carbons (Fsp3) is 0.200. The van der Waals surface area contributed by atoms with Crippen molar-refractivity contribution in [3.63, 3.8) is 0 Å². The Morgan fingerprint density at radius 3 is 1.76 bits per heavy atom. The summed E-state index contributed by atoms with van der Waals surface area (Å²) < 4.78 is 13.1. The Kier molecular flexibility index (Phi) is 4.45. The fourth-order valence-corrected chi connectivity index (χ4v) is 5.03. The molecule has 0 atom stereocenters. The zero-order chi connectivity index (χ0) is 22.8. The Balaban J connectivity index is 1.68. The van der Waals surface area contributed by atoms with E-state index in [0.29, 0.717) is 0 Å². The van der Waals surface area contributed by atoms with Crippen molar-refractivity contribution < 1.29 is 9.31 Å². The lowest BCUT2D eigenvalue weighted by Crippen LogP contribution is -2.41. The lowest BCUT2D eigenvalue weighted by Gasteiger charge is -2.32. The molecular formula is C30H27BO2. The van der Waals surface area contributed by atoms with Crippen LogP contribution in [0.1, 0.15) is 27.7 Å². The molecule has 5 aromatic carbocycles. The molecule has 0 bridgehead atoms. The summed E-state index contributed by atoms with van der Waals surface area (Å²) in [6, 6.07) is 32.6. The maximum Gasteiger partial charge on any atom is 0.496 e. The monoisotopic (exact) mass is 430 g/mol. The van der Waals surface area contributed by atoms with Crippen molar-refractivity contribution in [1.29, 1.82) is 0 Å². The van der Waals surface area contributed by atoms with Crippen molar-refractivity contribution in [1.82, 2.24) is 0 Å². The van der Waals surface area contributed by atoms with Gasteiger partial charge in [-0.05, 0) is 82.7 Å². The quantitative estimate of drug-likeness (QED) is 0.219. The van der Waals surface area contributed by atoms with Crippen LogP contribution in [0.3, 0.4) is 0 Å². The first kappa shape index (κ1) is 20.5. The van der Waals surface area contributed by atoms with Crippen molar-refractivity contribution in [2.75, 3.05) is 0 Å². The van der Waals surface area contributed by atoms with Gasteiger partial charge in [0.25, 0.3) is 0 Å². The van der Waals surface area contributed by atoms with E-state index in [1.54, 1.807) is 0 Å². The summed E-state index contributed by atoms with van der Waals surface area (Å²) in [7, 11) is -0.425. The average molecular weight is 430 g/mol. The molecule has 6 rings (SSSR count). The van der Waals surface area contributed by atoms with Gasteiger partial charge >= 0.3 is 7.12 Å². The summed E-state index contributed by atoms with van der Waals surface area (Å²) in [6.45, 7) is 8.45. The first-order chi connectivity index (χ1) is 15.9. The van der Waals surface area contributed by atoms with Gasteiger partial charge in [0.2, 0.25) is 0 Å². The molecule has 3 heteroatoms. The second-order valence-electron chi connectivity index (χ2n) is 10.0. The van der Waals surface area contributed by atoms with Crippen molar-refractivity contribution in [3.8, 4) is 11.1 Å². The van der Waals surface area contributed by atoms with Crippen molar-refractivity contribution in [2.45, 2.75) is 38.9 Å². The van der Waals surface area contributed by atoms with E-state index < -0.39 is 18.3 Å². The molecule has 5 aromatic rings. The van der Waals surface area contributed by atoms with Gasteiger partial charge in [0.15, 0.2) is 0 Å². The van der Waals surface area contributed by atoms with Crippen LogP contribution in [0.2, 0.25) is 0 Å². The van der Waals surface area contributed by atoms with Gasteiger partial charge in [-0.15, -0.1) is 0 Å². The molecule has 0 saturated carbocycles. The van der Waals surface area contributed by atoms with Crippen LogP contribution < -0.4 is 5.46 Å². The molecule has 0 unspecified atom stereocenters. The molecule has 1 fully saturated rings. The minimum Gasteiger partial charge on any atom is -0.399 e. The van der Waals surface area contributed by atoms with E-state index in [4.69, 9.17) is 9.31 Å². The minimum absolute atomic E-state index is 0.395. The molecule has 1 heterocycles. The molecule has 0 radical (unpaired) electrons. The van der Waals surface area contributed by atoms with Crippen molar-refractivity contribution in [2.24, 2.45) is 0 Å². The summed E-state index contributed by atoms with van der Waals surface area (Å²) in [4.78, 5) is 0. The Hall–Kier alpha value is -3.14. The zero-order valence-electron chi connectivity index (χ0n) is 19.6. The molecular weight excluding hydrogens is 403 g/mol. The third kappa shape index (κ3) is 3.11. The predicted molar refractivity (Wildman–Crippen MR) is 140 cm³/mol. The van der Waals surface area contributed by atoms with Crippen molar-refractivity contribution >= 4 is 44.9 Å². The van der Waals surface area contributed by atoms with E-state index in [9.17, 15) is 0 Å². The second kappa shape index (κ2) is 7.18. The lowest BCUT2D eigenvalue weighted by molar-refractivity contribution is 0.00578. The highest BCUT2D eigenvalue weighted by Crippen LogP contribution is 2.40. The van der Waals surface area contributed by atoms with Gasteiger partial charge in [-0.2, -0.15) is 0 Å². The van der Waals surface area contributed by atoms with E-state index in [2.05, 4.69) is 119 Å². The summed E-state index contributed by atoms with van der Waals surface area (Å²) in [5.41, 5.74) is 2.80. The second-order valence-corrected chi connectivity index (χ2v) is 10.0. The van der Waals surface area contributed by atoms with Crippen LogP contribution in [0.15, 0.2) is 91.0 Å².